The first kappa shape index (κ1) is 17.9. The molecule has 0 atom stereocenters. The number of morpholine rings is 1. The van der Waals surface area contributed by atoms with Crippen LogP contribution in [-0.4, -0.2) is 43.5 Å². The number of hydrogen-bond acceptors (Lipinski definition) is 3. The molecule has 4 heteroatoms. The van der Waals surface area contributed by atoms with Gasteiger partial charge in [0.15, 0.2) is 5.78 Å². The topological polar surface area (TPSA) is 29.5 Å². The Morgan fingerprint density at radius 1 is 1.09 bits per heavy atom. The quantitative estimate of drug-likeness (QED) is 0.797. The van der Waals surface area contributed by atoms with E-state index in [0.29, 0.717) is 0 Å². The first-order valence-electron chi connectivity index (χ1n) is 7.90. The Morgan fingerprint density at radius 3 is 2.43 bits per heavy atom. The van der Waals surface area contributed by atoms with Gasteiger partial charge in [-0.1, -0.05) is 50.2 Å². The molecule has 0 spiro atoms. The molecule has 124 valence electrons. The Morgan fingerprint density at radius 2 is 1.74 bits per heavy atom. The van der Waals surface area contributed by atoms with Crippen LogP contribution in [0.15, 0.2) is 42.5 Å². The number of hydrogen-bond donors (Lipinski definition) is 0. The second kappa shape index (κ2) is 7.43. The van der Waals surface area contributed by atoms with Crippen molar-refractivity contribution in [3.05, 3.63) is 48.0 Å². The van der Waals surface area contributed by atoms with Crippen molar-refractivity contribution in [1.82, 2.24) is 4.90 Å². The minimum absolute atomic E-state index is 0. The summed E-state index contributed by atoms with van der Waals surface area (Å²) in [5.74, 6) is 0.213. The maximum Gasteiger partial charge on any atom is 0.169 e. The van der Waals surface area contributed by atoms with Crippen molar-refractivity contribution in [2.75, 3.05) is 32.8 Å². The summed E-state index contributed by atoms with van der Waals surface area (Å²) in [7, 11) is 0. The molecule has 0 radical (unpaired) electrons. The summed E-state index contributed by atoms with van der Waals surface area (Å²) in [6, 6.07) is 14.2. The number of halogens is 1. The first-order chi connectivity index (χ1) is 10.6. The fourth-order valence-corrected chi connectivity index (χ4v) is 3.11. The second-order valence-corrected chi connectivity index (χ2v) is 6.66. The van der Waals surface area contributed by atoms with Gasteiger partial charge in [0.25, 0.3) is 0 Å². The molecule has 0 saturated carbocycles. The molecule has 1 saturated heterocycles. The normalized spacial score (nSPS) is 16.1. The summed E-state index contributed by atoms with van der Waals surface area (Å²) in [5, 5.41) is 2.29. The van der Waals surface area contributed by atoms with E-state index in [-0.39, 0.29) is 23.6 Å². The smallest absolute Gasteiger partial charge is 0.169 e. The van der Waals surface area contributed by atoms with Gasteiger partial charge in [-0.2, -0.15) is 0 Å². The molecule has 3 rings (SSSR count). The SMILES string of the molecule is CC(C)(CN1CCOCC1)C(=O)c1ccc2ccccc2c1.Cl. The number of benzene rings is 2. The molecule has 3 nitrogen and oxygen atoms in total. The lowest BCUT2D eigenvalue weighted by Gasteiger charge is -2.34. The third kappa shape index (κ3) is 4.11. The van der Waals surface area contributed by atoms with Gasteiger partial charge in [-0.3, -0.25) is 9.69 Å². The van der Waals surface area contributed by atoms with Crippen LogP contribution in [-0.2, 0) is 4.74 Å². The van der Waals surface area contributed by atoms with Crippen LogP contribution >= 0.6 is 12.4 Å². The molecule has 0 N–H and O–H groups in total. The van der Waals surface area contributed by atoms with Gasteiger partial charge in [-0.15, -0.1) is 12.4 Å². The predicted octanol–water partition coefficient (Wildman–Crippen LogP) is 3.80. The molecule has 0 unspecified atom stereocenters. The number of nitrogens with zero attached hydrogens (tertiary/aromatic N) is 1. The van der Waals surface area contributed by atoms with Crippen molar-refractivity contribution in [2.45, 2.75) is 13.8 Å². The fraction of sp³-hybridized carbons (Fsp3) is 0.421. The fourth-order valence-electron chi connectivity index (χ4n) is 3.11. The minimum atomic E-state index is -0.389. The summed E-state index contributed by atoms with van der Waals surface area (Å²) in [6.45, 7) is 8.21. The van der Waals surface area contributed by atoms with Gasteiger partial charge >= 0.3 is 0 Å². The molecule has 0 amide bonds. The van der Waals surface area contributed by atoms with Crippen molar-refractivity contribution >= 4 is 29.0 Å². The summed E-state index contributed by atoms with van der Waals surface area (Å²) < 4.78 is 5.38. The van der Waals surface area contributed by atoms with E-state index in [0.717, 1.165) is 43.8 Å². The molecular formula is C19H24ClNO2. The molecule has 1 aliphatic heterocycles. The largest absolute Gasteiger partial charge is 0.379 e. The zero-order valence-corrected chi connectivity index (χ0v) is 14.6. The van der Waals surface area contributed by atoms with Gasteiger partial charge in [0.1, 0.15) is 0 Å². The number of fused-ring (bicyclic) bond motifs is 1. The van der Waals surface area contributed by atoms with Gasteiger partial charge in [-0.05, 0) is 16.8 Å². The lowest BCUT2D eigenvalue weighted by Crippen LogP contribution is -2.44. The van der Waals surface area contributed by atoms with Crippen LogP contribution in [0.2, 0.25) is 0 Å². The molecule has 1 aliphatic rings. The molecule has 2 aromatic rings. The Kier molecular flexibility index (Phi) is 5.79. The lowest BCUT2D eigenvalue weighted by molar-refractivity contribution is 0.0213. The summed E-state index contributed by atoms with van der Waals surface area (Å²) in [5.41, 5.74) is 0.414. The van der Waals surface area contributed by atoms with Crippen LogP contribution < -0.4 is 0 Å². The highest BCUT2D eigenvalue weighted by molar-refractivity contribution is 6.03. The van der Waals surface area contributed by atoms with Gasteiger partial charge in [-0.25, -0.2) is 0 Å². The Balaban J connectivity index is 0.00000192. The number of Topliss-reactive ketones (excluding diaryl/α,β-unsaturated/α-hetero) is 1. The molecule has 23 heavy (non-hydrogen) atoms. The second-order valence-electron chi connectivity index (χ2n) is 6.66. The third-order valence-corrected chi connectivity index (χ3v) is 4.35. The highest BCUT2D eigenvalue weighted by Crippen LogP contribution is 2.26. The van der Waals surface area contributed by atoms with Crippen molar-refractivity contribution in [2.24, 2.45) is 5.41 Å². The van der Waals surface area contributed by atoms with E-state index >= 15 is 0 Å². The maximum absolute atomic E-state index is 12.9. The third-order valence-electron chi connectivity index (χ3n) is 4.35. The number of rotatable bonds is 4. The van der Waals surface area contributed by atoms with Gasteiger partial charge in [0.2, 0.25) is 0 Å². The van der Waals surface area contributed by atoms with Crippen molar-refractivity contribution in [3.8, 4) is 0 Å². The van der Waals surface area contributed by atoms with Crippen molar-refractivity contribution in [1.29, 1.82) is 0 Å². The standard InChI is InChI=1S/C19H23NO2.ClH/c1-19(2,14-20-9-11-22-12-10-20)18(21)17-8-7-15-5-3-4-6-16(15)13-17;/h3-8,13H,9-12,14H2,1-2H3;1H. The Bertz CT molecular complexity index is 678. The van der Waals surface area contributed by atoms with Gasteiger partial charge in [0, 0.05) is 30.6 Å². The van der Waals surface area contributed by atoms with Crippen LogP contribution in [0.4, 0.5) is 0 Å². The average Bonchev–Trinajstić information content (AvgIpc) is 2.54. The summed E-state index contributed by atoms with van der Waals surface area (Å²) in [6.07, 6.45) is 0. The van der Waals surface area contributed by atoms with Crippen LogP contribution in [0.25, 0.3) is 10.8 Å². The number of ether oxygens (including phenoxy) is 1. The highest BCUT2D eigenvalue weighted by Gasteiger charge is 2.31. The van der Waals surface area contributed by atoms with Crippen LogP contribution in [0.1, 0.15) is 24.2 Å². The molecule has 0 aromatic heterocycles. The van der Waals surface area contributed by atoms with Crippen LogP contribution in [0, 0.1) is 5.41 Å². The average molecular weight is 334 g/mol. The van der Waals surface area contributed by atoms with E-state index in [1.165, 1.54) is 5.39 Å². The summed E-state index contributed by atoms with van der Waals surface area (Å²) in [4.78, 5) is 15.2. The molecule has 1 fully saturated rings. The molecule has 0 aliphatic carbocycles. The first-order valence-corrected chi connectivity index (χ1v) is 7.90. The van der Waals surface area contributed by atoms with E-state index in [1.54, 1.807) is 0 Å². The van der Waals surface area contributed by atoms with Crippen LogP contribution in [0.5, 0.6) is 0 Å². The van der Waals surface area contributed by atoms with E-state index in [1.807, 2.05) is 44.2 Å². The van der Waals surface area contributed by atoms with E-state index in [4.69, 9.17) is 4.74 Å². The van der Waals surface area contributed by atoms with Crippen molar-refractivity contribution in [3.63, 3.8) is 0 Å². The number of carbonyl (C=O) groups excluding carboxylic acids is 1. The molecular weight excluding hydrogens is 310 g/mol. The van der Waals surface area contributed by atoms with Crippen molar-refractivity contribution < 1.29 is 9.53 Å². The molecule has 1 heterocycles. The summed E-state index contributed by atoms with van der Waals surface area (Å²) >= 11 is 0. The Labute approximate surface area is 144 Å². The van der Waals surface area contributed by atoms with Gasteiger partial charge < -0.3 is 4.74 Å². The minimum Gasteiger partial charge on any atom is -0.379 e. The Hall–Kier alpha value is -1.42. The maximum atomic E-state index is 12.9. The van der Waals surface area contributed by atoms with Crippen LogP contribution in [0.3, 0.4) is 0 Å². The highest BCUT2D eigenvalue weighted by atomic mass is 35.5. The predicted molar refractivity (Wildman–Crippen MR) is 96.6 cm³/mol. The lowest BCUT2D eigenvalue weighted by atomic mass is 9.83. The molecule has 2 aromatic carbocycles. The molecule has 0 bridgehead atoms. The van der Waals surface area contributed by atoms with E-state index in [2.05, 4.69) is 17.0 Å². The van der Waals surface area contributed by atoms with Gasteiger partial charge in [0.05, 0.1) is 13.2 Å². The zero-order valence-electron chi connectivity index (χ0n) is 13.7. The number of carbonyl (C=O) groups is 1. The number of ketones is 1. The van der Waals surface area contributed by atoms with E-state index < -0.39 is 0 Å². The zero-order chi connectivity index (χ0) is 15.6. The van der Waals surface area contributed by atoms with E-state index in [9.17, 15) is 4.79 Å². The monoisotopic (exact) mass is 333 g/mol.